The Balaban J connectivity index is 2.28. The predicted molar refractivity (Wildman–Crippen MR) is 42.0 cm³/mol. The third kappa shape index (κ3) is 3.15. The zero-order chi connectivity index (χ0) is 7.94. The van der Waals surface area contributed by atoms with E-state index in [0.29, 0.717) is 5.75 Å². The molecular formula is C6H9NO3Si. The summed E-state index contributed by atoms with van der Waals surface area (Å²) < 4.78 is 4.43. The topological polar surface area (TPSA) is 53.7 Å². The van der Waals surface area contributed by atoms with E-state index >= 15 is 0 Å². The Kier molecular flexibility index (Phi) is 3.63. The molecule has 0 aliphatic carbocycles. The van der Waals surface area contributed by atoms with Crippen molar-refractivity contribution < 1.29 is 14.5 Å². The standard InChI is InChI=1S/C6H9NO3Si/c7-11-10-9-8-6-4-2-1-3-5-6/h1-5H,7,11H2. The summed E-state index contributed by atoms with van der Waals surface area (Å²) in [5, 5.41) is 9.41. The van der Waals surface area contributed by atoms with Gasteiger partial charge in [0.1, 0.15) is 0 Å². The van der Waals surface area contributed by atoms with Crippen LogP contribution in [0.4, 0.5) is 0 Å². The zero-order valence-electron chi connectivity index (χ0n) is 5.90. The van der Waals surface area contributed by atoms with Crippen molar-refractivity contribution in [3.8, 4) is 5.75 Å². The van der Waals surface area contributed by atoms with Gasteiger partial charge >= 0.3 is 0 Å². The first-order valence-corrected chi connectivity index (χ1v) is 4.54. The van der Waals surface area contributed by atoms with Gasteiger partial charge in [0.05, 0.1) is 0 Å². The first-order valence-electron chi connectivity index (χ1n) is 3.15. The molecule has 0 amide bonds. The van der Waals surface area contributed by atoms with Gasteiger partial charge in [0.25, 0.3) is 9.92 Å². The minimum atomic E-state index is -1.05. The SMILES string of the molecule is N[SiH2]OOOc1ccccc1. The largest absolute Gasteiger partial charge is 0.332 e. The summed E-state index contributed by atoms with van der Waals surface area (Å²) in [7, 11) is -1.05. The molecule has 0 saturated carbocycles. The van der Waals surface area contributed by atoms with E-state index in [9.17, 15) is 0 Å². The molecule has 1 rings (SSSR count). The Morgan fingerprint density at radius 3 is 2.55 bits per heavy atom. The van der Waals surface area contributed by atoms with Gasteiger partial charge in [0.2, 0.25) is 0 Å². The van der Waals surface area contributed by atoms with E-state index in [4.69, 9.17) is 5.40 Å². The van der Waals surface area contributed by atoms with Crippen molar-refractivity contribution in [3.63, 3.8) is 0 Å². The van der Waals surface area contributed by atoms with Crippen molar-refractivity contribution in [1.29, 1.82) is 0 Å². The molecule has 2 N–H and O–H groups in total. The second kappa shape index (κ2) is 4.86. The molecule has 4 nitrogen and oxygen atoms in total. The second-order valence-electron chi connectivity index (χ2n) is 1.75. The highest BCUT2D eigenvalue weighted by atomic mass is 28.2. The van der Waals surface area contributed by atoms with Crippen molar-refractivity contribution in [3.05, 3.63) is 30.3 Å². The number of para-hydroxylation sites is 1. The Bertz CT molecular complexity index is 194. The van der Waals surface area contributed by atoms with Crippen molar-refractivity contribution in [2.45, 2.75) is 0 Å². The molecule has 0 bridgehead atoms. The molecule has 0 aliphatic rings. The van der Waals surface area contributed by atoms with Gasteiger partial charge < -0.3 is 10.3 Å². The van der Waals surface area contributed by atoms with E-state index in [0.717, 1.165) is 0 Å². The minimum absolute atomic E-state index is 0.593. The fourth-order valence-electron chi connectivity index (χ4n) is 0.567. The van der Waals surface area contributed by atoms with Crippen LogP contribution < -0.4 is 10.3 Å². The lowest BCUT2D eigenvalue weighted by atomic mass is 10.3. The van der Waals surface area contributed by atoms with Crippen LogP contribution in [0.2, 0.25) is 0 Å². The number of nitrogens with two attached hydrogens (primary N) is 1. The molecule has 60 valence electrons. The molecule has 1 aromatic carbocycles. The number of hydrogen-bond acceptors (Lipinski definition) is 4. The highest BCUT2D eigenvalue weighted by Crippen LogP contribution is 2.07. The van der Waals surface area contributed by atoms with Gasteiger partial charge in [-0.3, -0.25) is 0 Å². The van der Waals surface area contributed by atoms with Crippen LogP contribution in [0.3, 0.4) is 0 Å². The van der Waals surface area contributed by atoms with E-state index in [1.54, 1.807) is 12.1 Å². The fourth-order valence-corrected chi connectivity index (χ4v) is 0.671. The minimum Gasteiger partial charge on any atom is -0.332 e. The summed E-state index contributed by atoms with van der Waals surface area (Å²) >= 11 is 0. The summed E-state index contributed by atoms with van der Waals surface area (Å²) in [5.74, 6) is 0.593. The first kappa shape index (κ1) is 8.22. The van der Waals surface area contributed by atoms with Crippen LogP contribution in [0.25, 0.3) is 0 Å². The summed E-state index contributed by atoms with van der Waals surface area (Å²) in [6.45, 7) is 0. The maximum absolute atomic E-state index is 5.10. The van der Waals surface area contributed by atoms with Crippen LogP contribution in [-0.2, 0) is 9.61 Å². The third-order valence-corrected chi connectivity index (χ3v) is 1.22. The number of rotatable bonds is 4. The van der Waals surface area contributed by atoms with E-state index in [-0.39, 0.29) is 0 Å². The molecule has 0 aliphatic heterocycles. The average molecular weight is 171 g/mol. The van der Waals surface area contributed by atoms with Crippen LogP contribution in [0, 0.1) is 0 Å². The first-order chi connectivity index (χ1) is 5.43. The molecular weight excluding hydrogens is 162 g/mol. The molecule has 1 aromatic rings. The van der Waals surface area contributed by atoms with Crippen molar-refractivity contribution in [2.24, 2.45) is 5.40 Å². The summed E-state index contributed by atoms with van der Waals surface area (Å²) in [6.07, 6.45) is 0. The van der Waals surface area contributed by atoms with Gasteiger partial charge in [-0.2, -0.15) is 0 Å². The monoisotopic (exact) mass is 171 g/mol. The Labute approximate surface area is 66.7 Å². The van der Waals surface area contributed by atoms with Gasteiger partial charge in [0.15, 0.2) is 5.75 Å². The Morgan fingerprint density at radius 2 is 1.91 bits per heavy atom. The van der Waals surface area contributed by atoms with E-state index in [2.05, 4.69) is 14.5 Å². The molecule has 5 heteroatoms. The molecule has 0 atom stereocenters. The van der Waals surface area contributed by atoms with E-state index in [1.807, 2.05) is 18.2 Å². The number of benzene rings is 1. The summed E-state index contributed by atoms with van der Waals surface area (Å²) in [6, 6.07) is 9.05. The molecule has 0 fully saturated rings. The van der Waals surface area contributed by atoms with Crippen LogP contribution in [0.5, 0.6) is 5.75 Å². The predicted octanol–water partition coefficient (Wildman–Crippen LogP) is -0.114. The van der Waals surface area contributed by atoms with E-state index < -0.39 is 9.92 Å². The van der Waals surface area contributed by atoms with Crippen molar-refractivity contribution >= 4 is 9.92 Å². The van der Waals surface area contributed by atoms with Crippen molar-refractivity contribution in [2.75, 3.05) is 0 Å². The quantitative estimate of drug-likeness (QED) is 0.297. The molecule has 11 heavy (non-hydrogen) atoms. The van der Waals surface area contributed by atoms with Crippen molar-refractivity contribution in [1.82, 2.24) is 0 Å². The molecule has 0 unspecified atom stereocenters. The normalized spacial score (nSPS) is 10.6. The molecule has 0 heterocycles. The average Bonchev–Trinajstić information content (AvgIpc) is 2.07. The molecule has 0 saturated heterocycles. The van der Waals surface area contributed by atoms with E-state index in [1.165, 1.54) is 0 Å². The van der Waals surface area contributed by atoms with Crippen LogP contribution >= 0.6 is 0 Å². The highest BCUT2D eigenvalue weighted by Gasteiger charge is 1.90. The van der Waals surface area contributed by atoms with Crippen LogP contribution in [-0.4, -0.2) is 9.92 Å². The third-order valence-electron chi connectivity index (χ3n) is 0.990. The Hall–Kier alpha value is -0.883. The molecule has 0 spiro atoms. The summed E-state index contributed by atoms with van der Waals surface area (Å²) in [5.41, 5.74) is 0. The maximum Gasteiger partial charge on any atom is 0.283 e. The van der Waals surface area contributed by atoms with Crippen LogP contribution in [0.15, 0.2) is 30.3 Å². The molecule has 0 radical (unpaired) electrons. The smallest absolute Gasteiger partial charge is 0.283 e. The number of hydrogen-bond donors (Lipinski definition) is 1. The molecule has 0 aromatic heterocycles. The maximum atomic E-state index is 5.10. The van der Waals surface area contributed by atoms with Gasteiger partial charge in [0, 0.05) is 0 Å². The summed E-state index contributed by atoms with van der Waals surface area (Å²) in [4.78, 5) is 4.68. The fraction of sp³-hybridized carbons (Fsp3) is 0. The van der Waals surface area contributed by atoms with Gasteiger partial charge in [-0.05, 0) is 17.2 Å². The second-order valence-corrected chi connectivity index (χ2v) is 2.32. The lowest BCUT2D eigenvalue weighted by Crippen LogP contribution is -2.11. The van der Waals surface area contributed by atoms with Crippen LogP contribution in [0.1, 0.15) is 0 Å². The van der Waals surface area contributed by atoms with Gasteiger partial charge in [-0.25, -0.2) is 4.58 Å². The highest BCUT2D eigenvalue weighted by molar-refractivity contribution is 6.21. The zero-order valence-corrected chi connectivity index (χ0v) is 7.31. The van der Waals surface area contributed by atoms with Gasteiger partial charge in [-0.15, -0.1) is 0 Å². The Morgan fingerprint density at radius 1 is 1.18 bits per heavy atom. The lowest BCUT2D eigenvalue weighted by molar-refractivity contribution is -0.414. The van der Waals surface area contributed by atoms with Gasteiger partial charge in [-0.1, -0.05) is 18.2 Å². The lowest BCUT2D eigenvalue weighted by Gasteiger charge is -2.00.